The lowest BCUT2D eigenvalue weighted by Gasteiger charge is -2.13. The van der Waals surface area contributed by atoms with Gasteiger partial charge < -0.3 is 0 Å². The molecule has 0 saturated carbocycles. The molecule has 24 heavy (non-hydrogen) atoms. The minimum atomic E-state index is -4.87. The number of halogens is 3. The third kappa shape index (κ3) is 2.38. The molecule has 0 unspecified atom stereocenters. The normalized spacial score (nSPS) is 11.9. The number of alkyl halides is 3. The number of aryl methyl sites for hydroxylation is 1. The largest absolute Gasteiger partial charge is 0.434 e. The first kappa shape index (κ1) is 15.9. The molecular formula is C15H11F3N4O2. The van der Waals surface area contributed by atoms with Gasteiger partial charge in [0.25, 0.3) is 5.56 Å². The number of hydrogen-bond acceptors (Lipinski definition) is 4. The molecule has 0 saturated heterocycles. The molecule has 0 aliphatic carbocycles. The molecule has 9 heteroatoms. The van der Waals surface area contributed by atoms with Gasteiger partial charge in [0.1, 0.15) is 5.39 Å². The van der Waals surface area contributed by atoms with Gasteiger partial charge in [-0.1, -0.05) is 30.3 Å². The van der Waals surface area contributed by atoms with Crippen LogP contribution in [0.2, 0.25) is 0 Å². The van der Waals surface area contributed by atoms with Crippen LogP contribution in [-0.4, -0.2) is 19.1 Å². The van der Waals surface area contributed by atoms with Crippen molar-refractivity contribution >= 4 is 11.0 Å². The van der Waals surface area contributed by atoms with Crippen molar-refractivity contribution in [2.45, 2.75) is 6.18 Å². The highest BCUT2D eigenvalue weighted by Gasteiger charge is 2.37. The van der Waals surface area contributed by atoms with Crippen molar-refractivity contribution in [3.8, 4) is 11.4 Å². The van der Waals surface area contributed by atoms with E-state index in [0.29, 0.717) is 10.1 Å². The molecule has 0 atom stereocenters. The monoisotopic (exact) mass is 336 g/mol. The van der Waals surface area contributed by atoms with Gasteiger partial charge in [0.05, 0.1) is 0 Å². The van der Waals surface area contributed by atoms with Crippen LogP contribution < -0.4 is 11.2 Å². The molecule has 6 nitrogen and oxygen atoms in total. The van der Waals surface area contributed by atoms with Crippen LogP contribution in [0.5, 0.6) is 0 Å². The summed E-state index contributed by atoms with van der Waals surface area (Å²) in [5, 5.41) is -0.730. The van der Waals surface area contributed by atoms with Gasteiger partial charge >= 0.3 is 11.9 Å². The van der Waals surface area contributed by atoms with Gasteiger partial charge in [-0.25, -0.2) is 14.8 Å². The van der Waals surface area contributed by atoms with Gasteiger partial charge in [0.2, 0.25) is 0 Å². The van der Waals surface area contributed by atoms with Crippen LogP contribution in [-0.2, 0) is 20.3 Å². The van der Waals surface area contributed by atoms with Gasteiger partial charge in [0.15, 0.2) is 17.2 Å². The quantitative estimate of drug-likeness (QED) is 0.678. The number of nitrogens with zero attached hydrogens (tertiary/aromatic N) is 4. The lowest BCUT2D eigenvalue weighted by Crippen LogP contribution is -2.38. The highest BCUT2D eigenvalue weighted by Crippen LogP contribution is 2.32. The van der Waals surface area contributed by atoms with Crippen molar-refractivity contribution in [3.63, 3.8) is 0 Å². The maximum atomic E-state index is 13.4. The van der Waals surface area contributed by atoms with E-state index >= 15 is 0 Å². The summed E-state index contributed by atoms with van der Waals surface area (Å²) < 4.78 is 41.8. The number of rotatable bonds is 1. The van der Waals surface area contributed by atoms with E-state index in [4.69, 9.17) is 0 Å². The van der Waals surface area contributed by atoms with Crippen LogP contribution in [0.25, 0.3) is 22.4 Å². The molecule has 0 aliphatic heterocycles. The second-order valence-corrected chi connectivity index (χ2v) is 5.16. The van der Waals surface area contributed by atoms with Crippen molar-refractivity contribution in [1.82, 2.24) is 19.1 Å². The Morgan fingerprint density at radius 3 is 2.17 bits per heavy atom. The second kappa shape index (κ2) is 5.29. The molecule has 2 heterocycles. The highest BCUT2D eigenvalue weighted by molar-refractivity contribution is 5.79. The zero-order valence-electron chi connectivity index (χ0n) is 12.6. The number of benzene rings is 1. The Morgan fingerprint density at radius 1 is 0.958 bits per heavy atom. The van der Waals surface area contributed by atoms with Crippen molar-refractivity contribution in [3.05, 3.63) is 56.9 Å². The average molecular weight is 336 g/mol. The molecule has 0 amide bonds. The summed E-state index contributed by atoms with van der Waals surface area (Å²) in [5.41, 5.74) is -3.22. The van der Waals surface area contributed by atoms with Crippen molar-refractivity contribution in [2.24, 2.45) is 14.1 Å². The van der Waals surface area contributed by atoms with Gasteiger partial charge in [-0.05, 0) is 0 Å². The van der Waals surface area contributed by atoms with E-state index in [0.717, 1.165) is 11.6 Å². The zero-order chi connectivity index (χ0) is 17.6. The van der Waals surface area contributed by atoms with Crippen molar-refractivity contribution in [1.29, 1.82) is 0 Å². The van der Waals surface area contributed by atoms with E-state index in [1.54, 1.807) is 30.3 Å². The minimum absolute atomic E-state index is 0.210. The molecule has 0 aliphatic rings. The van der Waals surface area contributed by atoms with Crippen LogP contribution in [0.1, 0.15) is 5.69 Å². The summed E-state index contributed by atoms with van der Waals surface area (Å²) in [6.07, 6.45) is -4.87. The Bertz CT molecular complexity index is 1050. The van der Waals surface area contributed by atoms with E-state index in [-0.39, 0.29) is 11.5 Å². The maximum Gasteiger partial charge on any atom is 0.434 e. The third-order valence-electron chi connectivity index (χ3n) is 3.60. The van der Waals surface area contributed by atoms with E-state index in [2.05, 4.69) is 9.97 Å². The molecule has 0 fully saturated rings. The van der Waals surface area contributed by atoms with Crippen LogP contribution >= 0.6 is 0 Å². The first-order chi connectivity index (χ1) is 11.2. The summed E-state index contributed by atoms with van der Waals surface area (Å²) in [6, 6.07) is 8.03. The number of fused-ring (bicyclic) bond motifs is 1. The summed E-state index contributed by atoms with van der Waals surface area (Å²) in [5.74, 6) is -0.210. The van der Waals surface area contributed by atoms with Crippen LogP contribution in [0, 0.1) is 0 Å². The summed E-state index contributed by atoms with van der Waals surface area (Å²) in [4.78, 5) is 31.8. The number of aromatic nitrogens is 4. The predicted molar refractivity (Wildman–Crippen MR) is 80.5 cm³/mol. The van der Waals surface area contributed by atoms with Crippen LogP contribution in [0.3, 0.4) is 0 Å². The van der Waals surface area contributed by atoms with Crippen molar-refractivity contribution in [2.75, 3.05) is 0 Å². The molecular weight excluding hydrogens is 325 g/mol. The summed E-state index contributed by atoms with van der Waals surface area (Å²) in [7, 11) is 2.36. The van der Waals surface area contributed by atoms with E-state index in [1.807, 2.05) is 0 Å². The standard InChI is InChI=1S/C15H11F3N4O2/c1-21-12-9(13(23)22(2)14(21)24)10(15(16,17)18)19-11(20-12)8-6-4-3-5-7-8/h3-7H,1-2H3. The molecule has 3 aromatic rings. The lowest BCUT2D eigenvalue weighted by atomic mass is 10.2. The maximum absolute atomic E-state index is 13.4. The fraction of sp³-hybridized carbons (Fsp3) is 0.200. The Hall–Kier alpha value is -2.97. The topological polar surface area (TPSA) is 69.8 Å². The van der Waals surface area contributed by atoms with Gasteiger partial charge in [-0.2, -0.15) is 13.2 Å². The molecule has 3 rings (SSSR count). The van der Waals surface area contributed by atoms with Crippen LogP contribution in [0.4, 0.5) is 13.2 Å². The number of hydrogen-bond donors (Lipinski definition) is 0. The second-order valence-electron chi connectivity index (χ2n) is 5.16. The summed E-state index contributed by atoms with van der Waals surface area (Å²) >= 11 is 0. The first-order valence-electron chi connectivity index (χ1n) is 6.82. The fourth-order valence-corrected chi connectivity index (χ4v) is 2.38. The predicted octanol–water partition coefficient (Wildman–Crippen LogP) is 1.71. The third-order valence-corrected chi connectivity index (χ3v) is 3.60. The molecule has 124 valence electrons. The minimum Gasteiger partial charge on any atom is -0.280 e. The Kier molecular flexibility index (Phi) is 3.51. The Balaban J connectivity index is 2.54. The Morgan fingerprint density at radius 2 is 1.58 bits per heavy atom. The molecule has 2 aromatic heterocycles. The van der Waals surface area contributed by atoms with E-state index < -0.39 is 28.5 Å². The SMILES string of the molecule is Cn1c(=O)c2c(C(F)(F)F)nc(-c3ccccc3)nc2n(C)c1=O. The lowest BCUT2D eigenvalue weighted by molar-refractivity contribution is -0.139. The average Bonchev–Trinajstić information content (AvgIpc) is 2.57. The highest BCUT2D eigenvalue weighted by atomic mass is 19.4. The van der Waals surface area contributed by atoms with Gasteiger partial charge in [-0.3, -0.25) is 13.9 Å². The zero-order valence-corrected chi connectivity index (χ0v) is 12.6. The van der Waals surface area contributed by atoms with Gasteiger partial charge in [-0.15, -0.1) is 0 Å². The van der Waals surface area contributed by atoms with E-state index in [1.165, 1.54) is 7.05 Å². The van der Waals surface area contributed by atoms with Crippen molar-refractivity contribution < 1.29 is 13.2 Å². The van der Waals surface area contributed by atoms with Gasteiger partial charge in [0, 0.05) is 19.7 Å². The molecule has 0 radical (unpaired) electrons. The van der Waals surface area contributed by atoms with E-state index in [9.17, 15) is 22.8 Å². The van der Waals surface area contributed by atoms with Crippen LogP contribution in [0.15, 0.2) is 39.9 Å². The fourth-order valence-electron chi connectivity index (χ4n) is 2.38. The molecule has 0 N–H and O–H groups in total. The molecule has 1 aromatic carbocycles. The molecule has 0 bridgehead atoms. The summed E-state index contributed by atoms with van der Waals surface area (Å²) in [6.45, 7) is 0. The smallest absolute Gasteiger partial charge is 0.280 e. The molecule has 0 spiro atoms. The Labute approximate surface area is 132 Å². The first-order valence-corrected chi connectivity index (χ1v) is 6.82.